The van der Waals surface area contributed by atoms with E-state index in [-0.39, 0.29) is 0 Å². The molecule has 10 heavy (non-hydrogen) atoms. The second-order valence-electron chi connectivity index (χ2n) is 1.93. The van der Waals surface area contributed by atoms with E-state index in [1.165, 1.54) is 0 Å². The maximum Gasteiger partial charge on any atom is 0.132 e. The molecule has 0 aliphatic carbocycles. The number of rotatable bonds is 0. The van der Waals surface area contributed by atoms with Gasteiger partial charge in [0.2, 0.25) is 0 Å². The zero-order valence-corrected chi connectivity index (χ0v) is 5.76. The van der Waals surface area contributed by atoms with E-state index in [9.17, 15) is 0 Å². The van der Waals surface area contributed by atoms with Gasteiger partial charge in [0, 0.05) is 11.6 Å². The minimum Gasteiger partial charge on any atom is -0.266 e. The number of fused-ring (bicyclic) bond motifs is 1. The first-order chi connectivity index (χ1) is 4.88. The van der Waals surface area contributed by atoms with Crippen LogP contribution < -0.4 is 0 Å². The SMILES string of the molecule is Clc1[nH]nc2cnccc12. The lowest BCUT2D eigenvalue weighted by atomic mass is 10.3. The first-order valence-electron chi connectivity index (χ1n) is 2.81. The van der Waals surface area contributed by atoms with Crippen molar-refractivity contribution in [2.45, 2.75) is 0 Å². The summed E-state index contributed by atoms with van der Waals surface area (Å²) >= 11 is 5.73. The van der Waals surface area contributed by atoms with Crippen molar-refractivity contribution in [3.63, 3.8) is 0 Å². The predicted octanol–water partition coefficient (Wildman–Crippen LogP) is 1.61. The molecular formula is C6H4ClN3. The van der Waals surface area contributed by atoms with E-state index in [1.807, 2.05) is 6.07 Å². The highest BCUT2D eigenvalue weighted by Gasteiger charge is 1.99. The summed E-state index contributed by atoms with van der Waals surface area (Å²) in [4.78, 5) is 3.89. The smallest absolute Gasteiger partial charge is 0.132 e. The molecule has 0 saturated carbocycles. The third-order valence-corrected chi connectivity index (χ3v) is 1.60. The van der Waals surface area contributed by atoms with E-state index in [2.05, 4.69) is 15.2 Å². The number of H-pyrrole nitrogens is 1. The first-order valence-corrected chi connectivity index (χ1v) is 3.19. The van der Waals surface area contributed by atoms with Crippen LogP contribution in [0.15, 0.2) is 18.5 Å². The van der Waals surface area contributed by atoms with Crippen molar-refractivity contribution in [3.8, 4) is 0 Å². The Morgan fingerprint density at radius 1 is 1.50 bits per heavy atom. The van der Waals surface area contributed by atoms with Crippen LogP contribution in [0.2, 0.25) is 5.15 Å². The molecule has 0 bridgehead atoms. The van der Waals surface area contributed by atoms with Crippen LogP contribution in [-0.4, -0.2) is 15.2 Å². The van der Waals surface area contributed by atoms with Gasteiger partial charge in [0.1, 0.15) is 10.7 Å². The van der Waals surface area contributed by atoms with E-state index >= 15 is 0 Å². The van der Waals surface area contributed by atoms with Crippen LogP contribution in [0.5, 0.6) is 0 Å². The third-order valence-electron chi connectivity index (χ3n) is 1.31. The van der Waals surface area contributed by atoms with E-state index in [1.54, 1.807) is 12.4 Å². The lowest BCUT2D eigenvalue weighted by Gasteiger charge is -1.82. The molecule has 2 rings (SSSR count). The summed E-state index contributed by atoms with van der Waals surface area (Å²) in [6.07, 6.45) is 3.35. The van der Waals surface area contributed by atoms with E-state index in [0.717, 1.165) is 10.9 Å². The molecule has 0 aliphatic heterocycles. The monoisotopic (exact) mass is 153 g/mol. The molecule has 2 aromatic heterocycles. The minimum atomic E-state index is 0.567. The Hall–Kier alpha value is -1.09. The van der Waals surface area contributed by atoms with Crippen molar-refractivity contribution in [3.05, 3.63) is 23.6 Å². The summed E-state index contributed by atoms with van der Waals surface area (Å²) in [6.45, 7) is 0. The molecule has 4 heteroatoms. The van der Waals surface area contributed by atoms with Crippen molar-refractivity contribution in [1.82, 2.24) is 15.2 Å². The van der Waals surface area contributed by atoms with Crippen LogP contribution >= 0.6 is 11.6 Å². The van der Waals surface area contributed by atoms with Crippen molar-refractivity contribution >= 4 is 22.5 Å². The number of aromatic amines is 1. The van der Waals surface area contributed by atoms with E-state index in [4.69, 9.17) is 11.6 Å². The maximum absolute atomic E-state index is 5.73. The van der Waals surface area contributed by atoms with Crippen LogP contribution in [0.25, 0.3) is 10.9 Å². The summed E-state index contributed by atoms with van der Waals surface area (Å²) in [5, 5.41) is 8.03. The molecule has 50 valence electrons. The van der Waals surface area contributed by atoms with Crippen LogP contribution in [0.3, 0.4) is 0 Å². The molecule has 0 saturated heterocycles. The number of hydrogen-bond acceptors (Lipinski definition) is 2. The Morgan fingerprint density at radius 3 is 3.20 bits per heavy atom. The lowest BCUT2D eigenvalue weighted by Crippen LogP contribution is -1.69. The van der Waals surface area contributed by atoms with Crippen LogP contribution in [0.1, 0.15) is 0 Å². The first kappa shape index (κ1) is 5.68. The molecule has 2 heterocycles. The van der Waals surface area contributed by atoms with E-state index in [0.29, 0.717) is 5.15 Å². The Bertz CT molecular complexity index is 355. The standard InChI is InChI=1S/C6H4ClN3/c7-6-4-1-2-8-3-5(4)9-10-6/h1-3H,(H,9,10). The maximum atomic E-state index is 5.73. The second kappa shape index (κ2) is 1.95. The van der Waals surface area contributed by atoms with Crippen LogP contribution in [0, 0.1) is 0 Å². The number of nitrogens with one attached hydrogen (secondary N) is 1. The van der Waals surface area contributed by atoms with Gasteiger partial charge in [-0.3, -0.25) is 10.1 Å². The largest absolute Gasteiger partial charge is 0.266 e. The zero-order chi connectivity index (χ0) is 6.97. The predicted molar refractivity (Wildman–Crippen MR) is 38.9 cm³/mol. The molecule has 2 aromatic rings. The average Bonchev–Trinajstić information content (AvgIpc) is 2.34. The third kappa shape index (κ3) is 0.675. The van der Waals surface area contributed by atoms with Gasteiger partial charge < -0.3 is 0 Å². The highest BCUT2D eigenvalue weighted by atomic mass is 35.5. The fourth-order valence-corrected chi connectivity index (χ4v) is 1.03. The molecule has 0 atom stereocenters. The van der Waals surface area contributed by atoms with Crippen molar-refractivity contribution in [1.29, 1.82) is 0 Å². The number of nitrogens with zero attached hydrogens (tertiary/aromatic N) is 2. The fourth-order valence-electron chi connectivity index (χ4n) is 0.830. The van der Waals surface area contributed by atoms with Gasteiger partial charge in [0.15, 0.2) is 0 Å². The van der Waals surface area contributed by atoms with Crippen molar-refractivity contribution in [2.75, 3.05) is 0 Å². The molecule has 0 spiro atoms. The number of pyridine rings is 1. The molecular weight excluding hydrogens is 150 g/mol. The highest BCUT2D eigenvalue weighted by molar-refractivity contribution is 6.34. The van der Waals surface area contributed by atoms with Gasteiger partial charge >= 0.3 is 0 Å². The molecule has 0 aliphatic rings. The highest BCUT2D eigenvalue weighted by Crippen LogP contribution is 2.17. The number of aromatic nitrogens is 3. The molecule has 0 aromatic carbocycles. The Balaban J connectivity index is 2.93. The Kier molecular flexibility index (Phi) is 1.11. The molecule has 1 N–H and O–H groups in total. The quantitative estimate of drug-likeness (QED) is 0.625. The summed E-state index contributed by atoms with van der Waals surface area (Å²) in [6, 6.07) is 1.82. The number of halogens is 1. The van der Waals surface area contributed by atoms with Gasteiger partial charge in [-0.25, -0.2) is 0 Å². The average molecular weight is 154 g/mol. The molecule has 0 amide bonds. The van der Waals surface area contributed by atoms with Crippen molar-refractivity contribution in [2.24, 2.45) is 0 Å². The van der Waals surface area contributed by atoms with Crippen LogP contribution in [-0.2, 0) is 0 Å². The molecule has 0 fully saturated rings. The van der Waals surface area contributed by atoms with Gasteiger partial charge in [-0.15, -0.1) is 0 Å². The van der Waals surface area contributed by atoms with Gasteiger partial charge in [-0.05, 0) is 6.07 Å². The Morgan fingerprint density at radius 2 is 2.40 bits per heavy atom. The van der Waals surface area contributed by atoms with Gasteiger partial charge in [0.25, 0.3) is 0 Å². The van der Waals surface area contributed by atoms with Gasteiger partial charge in [-0.2, -0.15) is 5.10 Å². The summed E-state index contributed by atoms with van der Waals surface area (Å²) in [5.41, 5.74) is 0.799. The molecule has 3 nitrogen and oxygen atoms in total. The lowest BCUT2D eigenvalue weighted by molar-refractivity contribution is 1.11. The van der Waals surface area contributed by atoms with Crippen LogP contribution in [0.4, 0.5) is 0 Å². The van der Waals surface area contributed by atoms with Gasteiger partial charge in [-0.1, -0.05) is 11.6 Å². The summed E-state index contributed by atoms with van der Waals surface area (Å²) < 4.78 is 0. The zero-order valence-electron chi connectivity index (χ0n) is 5.00. The second-order valence-corrected chi connectivity index (χ2v) is 2.31. The van der Waals surface area contributed by atoms with Gasteiger partial charge in [0.05, 0.1) is 6.20 Å². The van der Waals surface area contributed by atoms with E-state index < -0.39 is 0 Å². The normalized spacial score (nSPS) is 10.5. The summed E-state index contributed by atoms with van der Waals surface area (Å²) in [5.74, 6) is 0. The molecule has 0 radical (unpaired) electrons. The fraction of sp³-hybridized carbons (Fsp3) is 0. The topological polar surface area (TPSA) is 41.6 Å². The molecule has 0 unspecified atom stereocenters. The minimum absolute atomic E-state index is 0.567. The summed E-state index contributed by atoms with van der Waals surface area (Å²) in [7, 11) is 0. The Labute approximate surface area is 62.0 Å². The number of hydrogen-bond donors (Lipinski definition) is 1. The van der Waals surface area contributed by atoms with Crippen molar-refractivity contribution < 1.29 is 0 Å².